The molecule has 1 aliphatic rings. The fraction of sp³-hybridized carbons (Fsp3) is 0.421. The van der Waals surface area contributed by atoms with Crippen LogP contribution in [0.15, 0.2) is 42.6 Å². The number of methoxy groups -OCH3 is 1. The molecule has 0 spiro atoms. The summed E-state index contributed by atoms with van der Waals surface area (Å²) in [6.45, 7) is 2.87. The molecular formula is C19H24N2O3. The SMILES string of the molecule is COc1ccc(OCc2ccccn2)c(CN2CCCC(O)C2)c1. The lowest BCUT2D eigenvalue weighted by molar-refractivity contribution is 0.0662. The molecule has 3 rings (SSSR count). The smallest absolute Gasteiger partial charge is 0.130 e. The Labute approximate surface area is 142 Å². The van der Waals surface area contributed by atoms with Crippen LogP contribution in [-0.4, -0.2) is 41.3 Å². The minimum absolute atomic E-state index is 0.234. The lowest BCUT2D eigenvalue weighted by Crippen LogP contribution is -2.37. The summed E-state index contributed by atoms with van der Waals surface area (Å²) in [6, 6.07) is 11.7. The first-order valence-corrected chi connectivity index (χ1v) is 8.34. The number of ether oxygens (including phenoxy) is 2. The highest BCUT2D eigenvalue weighted by Gasteiger charge is 2.19. The van der Waals surface area contributed by atoms with Gasteiger partial charge in [-0.05, 0) is 49.7 Å². The van der Waals surface area contributed by atoms with Gasteiger partial charge in [0.15, 0.2) is 0 Å². The van der Waals surface area contributed by atoms with Gasteiger partial charge in [-0.15, -0.1) is 0 Å². The molecule has 128 valence electrons. The third kappa shape index (κ3) is 4.46. The van der Waals surface area contributed by atoms with Gasteiger partial charge in [0.25, 0.3) is 0 Å². The molecule has 24 heavy (non-hydrogen) atoms. The Morgan fingerprint density at radius 3 is 2.96 bits per heavy atom. The molecule has 0 amide bonds. The molecule has 2 aromatic rings. The van der Waals surface area contributed by atoms with E-state index in [1.807, 2.05) is 36.4 Å². The lowest BCUT2D eigenvalue weighted by atomic mass is 10.1. The maximum atomic E-state index is 9.87. The van der Waals surface area contributed by atoms with Crippen molar-refractivity contribution in [3.8, 4) is 11.5 Å². The Bertz CT molecular complexity index is 648. The number of aromatic nitrogens is 1. The maximum Gasteiger partial charge on any atom is 0.130 e. The third-order valence-electron chi connectivity index (χ3n) is 4.24. The second-order valence-corrected chi connectivity index (χ2v) is 6.11. The highest BCUT2D eigenvalue weighted by Crippen LogP contribution is 2.27. The summed E-state index contributed by atoms with van der Waals surface area (Å²) in [5.74, 6) is 1.65. The fourth-order valence-electron chi connectivity index (χ4n) is 3.00. The van der Waals surface area contributed by atoms with Gasteiger partial charge < -0.3 is 14.6 Å². The van der Waals surface area contributed by atoms with Crippen molar-refractivity contribution in [1.29, 1.82) is 0 Å². The van der Waals surface area contributed by atoms with Gasteiger partial charge in [0, 0.05) is 24.8 Å². The zero-order chi connectivity index (χ0) is 16.8. The number of hydrogen-bond donors (Lipinski definition) is 1. The summed E-state index contributed by atoms with van der Waals surface area (Å²) in [6.07, 6.45) is 3.44. The molecule has 1 aromatic carbocycles. The van der Waals surface area contributed by atoms with Crippen LogP contribution >= 0.6 is 0 Å². The van der Waals surface area contributed by atoms with E-state index >= 15 is 0 Å². The molecule has 1 aliphatic heterocycles. The molecule has 2 heterocycles. The van der Waals surface area contributed by atoms with Gasteiger partial charge in [-0.25, -0.2) is 0 Å². The van der Waals surface area contributed by atoms with Gasteiger partial charge in [-0.1, -0.05) is 6.07 Å². The fourth-order valence-corrected chi connectivity index (χ4v) is 3.00. The molecule has 1 fully saturated rings. The van der Waals surface area contributed by atoms with E-state index in [-0.39, 0.29) is 6.10 Å². The van der Waals surface area contributed by atoms with Crippen LogP contribution in [0.5, 0.6) is 11.5 Å². The largest absolute Gasteiger partial charge is 0.497 e. The number of pyridine rings is 1. The Morgan fingerprint density at radius 1 is 1.29 bits per heavy atom. The number of hydrogen-bond acceptors (Lipinski definition) is 5. The van der Waals surface area contributed by atoms with E-state index < -0.39 is 0 Å². The van der Waals surface area contributed by atoms with Crippen molar-refractivity contribution in [2.24, 2.45) is 0 Å². The van der Waals surface area contributed by atoms with Gasteiger partial charge in [0.2, 0.25) is 0 Å². The number of likely N-dealkylation sites (tertiary alicyclic amines) is 1. The minimum atomic E-state index is -0.234. The molecule has 0 aliphatic carbocycles. The average Bonchev–Trinajstić information content (AvgIpc) is 2.61. The van der Waals surface area contributed by atoms with Crippen molar-refractivity contribution in [3.63, 3.8) is 0 Å². The van der Waals surface area contributed by atoms with Crippen LogP contribution in [0.4, 0.5) is 0 Å². The summed E-state index contributed by atoms with van der Waals surface area (Å²) < 4.78 is 11.3. The first-order valence-electron chi connectivity index (χ1n) is 8.34. The van der Waals surface area contributed by atoms with Gasteiger partial charge >= 0.3 is 0 Å². The molecule has 1 N–H and O–H groups in total. The van der Waals surface area contributed by atoms with E-state index in [4.69, 9.17) is 9.47 Å². The van der Waals surface area contributed by atoms with Crippen LogP contribution in [0.3, 0.4) is 0 Å². The Morgan fingerprint density at radius 2 is 2.21 bits per heavy atom. The van der Waals surface area contributed by atoms with E-state index in [9.17, 15) is 5.11 Å². The van der Waals surface area contributed by atoms with Crippen LogP contribution in [0.25, 0.3) is 0 Å². The zero-order valence-corrected chi connectivity index (χ0v) is 14.0. The van der Waals surface area contributed by atoms with Crippen LogP contribution in [0.1, 0.15) is 24.1 Å². The molecule has 1 aromatic heterocycles. The molecule has 0 radical (unpaired) electrons. The first-order chi connectivity index (χ1) is 11.7. The van der Waals surface area contributed by atoms with Gasteiger partial charge in [-0.2, -0.15) is 0 Å². The highest BCUT2D eigenvalue weighted by molar-refractivity contribution is 5.40. The van der Waals surface area contributed by atoms with Gasteiger partial charge in [-0.3, -0.25) is 9.88 Å². The van der Waals surface area contributed by atoms with E-state index in [2.05, 4.69) is 9.88 Å². The highest BCUT2D eigenvalue weighted by atomic mass is 16.5. The predicted octanol–water partition coefficient (Wildman–Crippen LogP) is 2.63. The van der Waals surface area contributed by atoms with Crippen molar-refractivity contribution in [3.05, 3.63) is 53.9 Å². The summed E-state index contributed by atoms with van der Waals surface area (Å²) in [7, 11) is 1.66. The van der Waals surface area contributed by atoms with Crippen LogP contribution < -0.4 is 9.47 Å². The molecule has 1 saturated heterocycles. The molecule has 1 atom stereocenters. The number of aliphatic hydroxyl groups is 1. The average molecular weight is 328 g/mol. The Hall–Kier alpha value is -2.11. The number of rotatable bonds is 6. The van der Waals surface area contributed by atoms with Gasteiger partial charge in [0.05, 0.1) is 18.9 Å². The molecule has 1 unspecified atom stereocenters. The summed E-state index contributed by atoms with van der Waals surface area (Å²) in [4.78, 5) is 6.55. The molecule has 5 nitrogen and oxygen atoms in total. The van der Waals surface area contributed by atoms with E-state index in [1.165, 1.54) is 0 Å². The standard InChI is InChI=1S/C19H24N2O3/c1-23-18-7-8-19(24-14-16-5-2-3-9-20-16)15(11-18)12-21-10-4-6-17(22)13-21/h2-3,5,7-9,11,17,22H,4,6,10,12-14H2,1H3. The quantitative estimate of drug-likeness (QED) is 0.883. The normalized spacial score (nSPS) is 18.3. The zero-order valence-electron chi connectivity index (χ0n) is 14.0. The van der Waals surface area contributed by atoms with Crippen molar-refractivity contribution < 1.29 is 14.6 Å². The number of β-amino-alcohol motifs (C(OH)–C–C–N with tert-alkyl or cyclic N) is 1. The summed E-state index contributed by atoms with van der Waals surface area (Å²) in [5.41, 5.74) is 1.96. The Kier molecular flexibility index (Phi) is 5.67. The number of benzene rings is 1. The second kappa shape index (κ2) is 8.13. The van der Waals surface area contributed by atoms with E-state index in [0.29, 0.717) is 13.2 Å². The predicted molar refractivity (Wildman–Crippen MR) is 92.1 cm³/mol. The molecule has 5 heteroatoms. The maximum absolute atomic E-state index is 9.87. The topological polar surface area (TPSA) is 54.8 Å². The monoisotopic (exact) mass is 328 g/mol. The summed E-state index contributed by atoms with van der Waals surface area (Å²) >= 11 is 0. The Balaban J connectivity index is 1.72. The number of nitrogens with zero attached hydrogens (tertiary/aromatic N) is 2. The third-order valence-corrected chi connectivity index (χ3v) is 4.24. The van der Waals surface area contributed by atoms with Crippen molar-refractivity contribution in [1.82, 2.24) is 9.88 Å². The molecular weight excluding hydrogens is 304 g/mol. The van der Waals surface area contributed by atoms with E-state index in [0.717, 1.165) is 48.7 Å². The van der Waals surface area contributed by atoms with Crippen LogP contribution in [0.2, 0.25) is 0 Å². The number of aliphatic hydroxyl groups excluding tert-OH is 1. The van der Waals surface area contributed by atoms with Gasteiger partial charge in [0.1, 0.15) is 18.1 Å². The number of piperidine rings is 1. The molecule has 0 saturated carbocycles. The van der Waals surface area contributed by atoms with Crippen molar-refractivity contribution in [2.75, 3.05) is 20.2 Å². The van der Waals surface area contributed by atoms with Crippen LogP contribution in [0, 0.1) is 0 Å². The first kappa shape index (κ1) is 16.7. The lowest BCUT2D eigenvalue weighted by Gasteiger charge is -2.30. The molecule has 0 bridgehead atoms. The minimum Gasteiger partial charge on any atom is -0.497 e. The van der Waals surface area contributed by atoms with Crippen LogP contribution in [-0.2, 0) is 13.2 Å². The van der Waals surface area contributed by atoms with Crippen molar-refractivity contribution >= 4 is 0 Å². The second-order valence-electron chi connectivity index (χ2n) is 6.11. The summed E-state index contributed by atoms with van der Waals surface area (Å²) in [5, 5.41) is 9.87. The van der Waals surface area contributed by atoms with E-state index in [1.54, 1.807) is 13.3 Å². The van der Waals surface area contributed by atoms with Crippen molar-refractivity contribution in [2.45, 2.75) is 32.1 Å².